The molecule has 0 saturated heterocycles. The first-order valence-electron chi connectivity index (χ1n) is 4.80. The molecule has 0 radical (unpaired) electrons. The average Bonchev–Trinajstić information content (AvgIpc) is 2.01. The predicted molar refractivity (Wildman–Crippen MR) is 60.6 cm³/mol. The molecule has 0 aliphatic heterocycles. The third-order valence-corrected chi connectivity index (χ3v) is 2.77. The summed E-state index contributed by atoms with van der Waals surface area (Å²) >= 11 is 0. The van der Waals surface area contributed by atoms with Gasteiger partial charge in [0.05, 0.1) is 8.07 Å². The fourth-order valence-corrected chi connectivity index (χ4v) is 1.45. The van der Waals surface area contributed by atoms with Crippen LogP contribution in [-0.2, 0) is 14.5 Å². The summed E-state index contributed by atoms with van der Waals surface area (Å²) in [4.78, 5) is 10.0. The maximum Gasteiger partial charge on any atom is 0.195 e. The molecule has 0 heterocycles. The molecule has 0 atom stereocenters. The number of methoxy groups -OCH3 is 1. The van der Waals surface area contributed by atoms with Crippen molar-refractivity contribution in [3.8, 4) is 0 Å². The van der Waals surface area contributed by atoms with Crippen LogP contribution in [0, 0.1) is 0 Å². The summed E-state index contributed by atoms with van der Waals surface area (Å²) in [5, 5.41) is 0. The minimum atomic E-state index is -1.11. The Kier molecular flexibility index (Phi) is 5.59. The van der Waals surface area contributed by atoms with E-state index in [9.17, 15) is 0 Å². The van der Waals surface area contributed by atoms with E-state index in [0.29, 0.717) is 6.61 Å². The molecular weight excluding hydrogens is 196 g/mol. The summed E-state index contributed by atoms with van der Waals surface area (Å²) in [7, 11) is 0.476. The summed E-state index contributed by atoms with van der Waals surface area (Å²) in [6.45, 7) is 10.9. The Morgan fingerprint density at radius 1 is 1.21 bits per heavy atom. The quantitative estimate of drug-likeness (QED) is 0.225. The molecule has 14 heavy (non-hydrogen) atoms. The Bertz CT molecular complexity index is 182. The van der Waals surface area contributed by atoms with Crippen molar-refractivity contribution in [2.24, 2.45) is 0 Å². The standard InChI is InChI=1S/C10H22O3Si/c1-10(2,11-3)13-12-8-7-9-14(4,5)6/h7,9H,8H2,1-6H3/b9-7+. The van der Waals surface area contributed by atoms with Gasteiger partial charge in [0.1, 0.15) is 6.61 Å². The third-order valence-electron chi connectivity index (χ3n) is 1.53. The fourth-order valence-electron chi connectivity index (χ4n) is 0.651. The molecule has 3 nitrogen and oxygen atoms in total. The van der Waals surface area contributed by atoms with E-state index in [0.717, 1.165) is 0 Å². The SMILES string of the molecule is COC(C)(C)OOC/C=C/[Si](C)(C)C. The van der Waals surface area contributed by atoms with Gasteiger partial charge in [-0.1, -0.05) is 31.4 Å². The lowest BCUT2D eigenvalue weighted by molar-refractivity contribution is -0.408. The zero-order chi connectivity index (χ0) is 11.2. The van der Waals surface area contributed by atoms with Crippen molar-refractivity contribution in [1.82, 2.24) is 0 Å². The second kappa shape index (κ2) is 5.65. The second-order valence-electron chi connectivity index (χ2n) is 4.74. The van der Waals surface area contributed by atoms with Gasteiger partial charge in [-0.05, 0) is 13.8 Å². The average molecular weight is 218 g/mol. The van der Waals surface area contributed by atoms with E-state index >= 15 is 0 Å². The van der Waals surface area contributed by atoms with Crippen molar-refractivity contribution in [2.45, 2.75) is 39.3 Å². The topological polar surface area (TPSA) is 27.7 Å². The maximum atomic E-state index is 5.04. The van der Waals surface area contributed by atoms with E-state index < -0.39 is 13.9 Å². The first kappa shape index (κ1) is 13.8. The van der Waals surface area contributed by atoms with Gasteiger partial charge in [0, 0.05) is 7.11 Å². The second-order valence-corrected chi connectivity index (χ2v) is 9.81. The number of rotatable bonds is 6. The molecule has 84 valence electrons. The number of hydrogen-bond acceptors (Lipinski definition) is 3. The minimum absolute atomic E-state index is 0.469. The monoisotopic (exact) mass is 218 g/mol. The van der Waals surface area contributed by atoms with Crippen molar-refractivity contribution in [3.05, 3.63) is 11.8 Å². The Morgan fingerprint density at radius 2 is 1.79 bits per heavy atom. The van der Waals surface area contributed by atoms with Crippen LogP contribution in [0.4, 0.5) is 0 Å². The highest BCUT2D eigenvalue weighted by atomic mass is 28.3. The lowest BCUT2D eigenvalue weighted by atomic mass is 10.4. The fraction of sp³-hybridized carbons (Fsp3) is 0.800. The summed E-state index contributed by atoms with van der Waals surface area (Å²) < 4.78 is 5.02. The highest BCUT2D eigenvalue weighted by molar-refractivity contribution is 6.80. The van der Waals surface area contributed by atoms with E-state index in [1.165, 1.54) is 0 Å². The van der Waals surface area contributed by atoms with E-state index in [4.69, 9.17) is 14.5 Å². The normalized spacial score (nSPS) is 13.9. The molecule has 0 amide bonds. The predicted octanol–water partition coefficient (Wildman–Crippen LogP) is 2.75. The van der Waals surface area contributed by atoms with Crippen LogP contribution in [0.5, 0.6) is 0 Å². The van der Waals surface area contributed by atoms with Gasteiger partial charge < -0.3 is 4.74 Å². The summed E-state index contributed by atoms with van der Waals surface area (Å²) in [5.74, 6) is -0.674. The van der Waals surface area contributed by atoms with Crippen molar-refractivity contribution in [3.63, 3.8) is 0 Å². The van der Waals surface area contributed by atoms with Crippen molar-refractivity contribution in [1.29, 1.82) is 0 Å². The Morgan fingerprint density at radius 3 is 2.21 bits per heavy atom. The molecule has 0 aromatic carbocycles. The third kappa shape index (κ3) is 8.44. The highest BCUT2D eigenvalue weighted by Crippen LogP contribution is 2.09. The zero-order valence-electron chi connectivity index (χ0n) is 10.1. The largest absolute Gasteiger partial charge is 0.351 e. The molecule has 0 unspecified atom stereocenters. The van der Waals surface area contributed by atoms with Crippen molar-refractivity contribution >= 4 is 8.07 Å². The van der Waals surface area contributed by atoms with Crippen LogP contribution in [0.15, 0.2) is 11.8 Å². The lowest BCUT2D eigenvalue weighted by Crippen LogP contribution is -2.26. The first-order chi connectivity index (χ1) is 6.27. The van der Waals surface area contributed by atoms with Gasteiger partial charge in [0.25, 0.3) is 0 Å². The molecular formula is C10H22O3Si. The van der Waals surface area contributed by atoms with Crippen LogP contribution in [0.25, 0.3) is 0 Å². The van der Waals surface area contributed by atoms with Crippen molar-refractivity contribution < 1.29 is 14.5 Å². The summed E-state index contributed by atoms with van der Waals surface area (Å²) in [6, 6.07) is 0. The van der Waals surface area contributed by atoms with Gasteiger partial charge in [-0.25, -0.2) is 9.78 Å². The van der Waals surface area contributed by atoms with Gasteiger partial charge >= 0.3 is 0 Å². The van der Waals surface area contributed by atoms with Gasteiger partial charge in [0.2, 0.25) is 0 Å². The van der Waals surface area contributed by atoms with Crippen LogP contribution in [0.1, 0.15) is 13.8 Å². The Hall–Kier alpha value is -0.163. The molecule has 4 heteroatoms. The van der Waals surface area contributed by atoms with Crippen LogP contribution >= 0.6 is 0 Å². The minimum Gasteiger partial charge on any atom is -0.351 e. The van der Waals surface area contributed by atoms with E-state index in [1.54, 1.807) is 21.0 Å². The molecule has 0 fully saturated rings. The highest BCUT2D eigenvalue weighted by Gasteiger charge is 2.17. The number of hydrogen-bond donors (Lipinski definition) is 0. The van der Waals surface area contributed by atoms with Crippen LogP contribution < -0.4 is 0 Å². The molecule has 0 N–H and O–H groups in total. The molecule has 0 saturated carbocycles. The van der Waals surface area contributed by atoms with Gasteiger partial charge in [-0.15, -0.1) is 0 Å². The molecule has 0 aromatic heterocycles. The van der Waals surface area contributed by atoms with E-state index in [-0.39, 0.29) is 0 Å². The molecule has 0 spiro atoms. The summed E-state index contributed by atoms with van der Waals surface area (Å²) in [6.07, 6.45) is 2.00. The van der Waals surface area contributed by atoms with Gasteiger partial charge in [-0.3, -0.25) is 0 Å². The lowest BCUT2D eigenvalue weighted by Gasteiger charge is -2.20. The van der Waals surface area contributed by atoms with Gasteiger partial charge in [0.15, 0.2) is 5.79 Å². The van der Waals surface area contributed by atoms with E-state index in [2.05, 4.69) is 25.3 Å². The van der Waals surface area contributed by atoms with Crippen LogP contribution in [-0.4, -0.2) is 27.6 Å². The molecule has 0 bridgehead atoms. The summed E-state index contributed by atoms with van der Waals surface area (Å²) in [5.41, 5.74) is 2.22. The molecule has 0 aromatic rings. The Labute approximate surface area is 88.0 Å². The molecule has 0 aliphatic carbocycles. The number of ether oxygens (including phenoxy) is 1. The first-order valence-corrected chi connectivity index (χ1v) is 8.38. The Balaban J connectivity index is 3.62. The van der Waals surface area contributed by atoms with Gasteiger partial charge in [-0.2, -0.15) is 0 Å². The maximum absolute atomic E-state index is 5.04. The smallest absolute Gasteiger partial charge is 0.195 e. The van der Waals surface area contributed by atoms with Crippen molar-refractivity contribution in [2.75, 3.05) is 13.7 Å². The molecule has 0 aliphatic rings. The van der Waals surface area contributed by atoms with E-state index in [1.807, 2.05) is 6.08 Å². The van der Waals surface area contributed by atoms with Crippen LogP contribution in [0.2, 0.25) is 19.6 Å². The van der Waals surface area contributed by atoms with Crippen LogP contribution in [0.3, 0.4) is 0 Å². The zero-order valence-corrected chi connectivity index (χ0v) is 11.1. The molecule has 0 rings (SSSR count).